The zero-order valence-electron chi connectivity index (χ0n) is 93.6. The Hall–Kier alpha value is 4.01. The van der Waals surface area contributed by atoms with Gasteiger partial charge in [-0.05, 0) is 161 Å². The molecule has 0 bridgehead atoms. The molecule has 12 aliphatic carbocycles. The summed E-state index contributed by atoms with van der Waals surface area (Å²) in [5.41, 5.74) is 0. The van der Waals surface area contributed by atoms with Gasteiger partial charge in [0.05, 0.1) is 1.37 Å². The fourth-order valence-corrected chi connectivity index (χ4v) is 26.5. The minimum absolute atomic E-state index is 0. The van der Waals surface area contributed by atoms with Crippen LogP contribution in [0.1, 0.15) is 458 Å². The van der Waals surface area contributed by atoms with Crippen LogP contribution in [0.2, 0.25) is 0 Å². The summed E-state index contributed by atoms with van der Waals surface area (Å²) in [4.78, 5) is 28.9. The van der Waals surface area contributed by atoms with Crippen molar-refractivity contribution in [1.82, 2.24) is 14.7 Å². The van der Waals surface area contributed by atoms with Crippen LogP contribution < -0.4 is 0 Å². The largest absolute Gasteiger partial charge is 2.00 e. The minimum atomic E-state index is -0.204. The molecule has 0 aromatic carbocycles. The number of aliphatic hydroxyl groups excluding tert-OH is 1. The second-order valence-corrected chi connectivity index (χ2v) is 52.1. The molecule has 11 atom stereocenters. The van der Waals surface area contributed by atoms with Crippen LogP contribution in [0.4, 0.5) is 0 Å². The van der Waals surface area contributed by atoms with E-state index in [1.807, 2.05) is 23.5 Å². The van der Waals surface area contributed by atoms with Crippen molar-refractivity contribution in [1.29, 1.82) is 0 Å². The van der Waals surface area contributed by atoms with Crippen molar-refractivity contribution < 1.29 is 123 Å². The van der Waals surface area contributed by atoms with Crippen molar-refractivity contribution in [3.63, 3.8) is 0 Å². The molecule has 0 aromatic heterocycles. The fraction of sp³-hybridized carbons (Fsp3) is 0.875. The van der Waals surface area contributed by atoms with Crippen molar-refractivity contribution in [2.75, 3.05) is 80.7 Å². The Morgan fingerprint density at radius 1 is 0.285 bits per heavy atom. The summed E-state index contributed by atoms with van der Waals surface area (Å²) in [7, 11) is 8.71. The Kier molecular flexibility index (Phi) is 140. The third-order valence-corrected chi connectivity index (χ3v) is 32.0. The second-order valence-electron chi connectivity index (χ2n) is 41.7. The first-order valence-electron chi connectivity index (χ1n) is 49.2. The normalized spacial score (nSPS) is 23.8. The quantitative estimate of drug-likeness (QED) is 0.0515. The summed E-state index contributed by atoms with van der Waals surface area (Å²) in [6, 6.07) is 0. The third-order valence-electron chi connectivity index (χ3n) is 23.9. The van der Waals surface area contributed by atoms with Gasteiger partial charge in [0, 0.05) is 108 Å². The van der Waals surface area contributed by atoms with E-state index >= 15 is 0 Å². The van der Waals surface area contributed by atoms with E-state index in [1.165, 1.54) is 354 Å². The molecule has 0 spiro atoms. The maximum absolute atomic E-state index is 10.7. The van der Waals surface area contributed by atoms with Gasteiger partial charge in [0.2, 0.25) is 0 Å². The molecule has 1 heterocycles. The first-order valence-corrected chi connectivity index (χ1v) is 53.1. The van der Waals surface area contributed by atoms with Crippen molar-refractivity contribution in [2.45, 2.75) is 507 Å². The summed E-state index contributed by atoms with van der Waals surface area (Å²) < 4.78 is 13.5. The molecule has 1 aliphatic heterocycles. The number of hydrogen-bond donors (Lipinski definition) is 1. The summed E-state index contributed by atoms with van der Waals surface area (Å²) in [6.45, 7) is 42.1. The van der Waals surface area contributed by atoms with Crippen LogP contribution in [0.25, 0.3) is 0 Å². The van der Waals surface area contributed by atoms with Crippen LogP contribution in [0, 0.1) is 125 Å². The van der Waals surface area contributed by atoms with Gasteiger partial charge in [-0.15, -0.1) is 0 Å². The van der Waals surface area contributed by atoms with Gasteiger partial charge in [-0.3, -0.25) is 0 Å². The molecule has 0 aromatic rings. The van der Waals surface area contributed by atoms with Gasteiger partial charge in [-0.1, -0.05) is 354 Å². The molecule has 798 valence electrons. The predicted octanol–water partition coefficient (Wildman–Crippen LogP) is 35.9. The summed E-state index contributed by atoms with van der Waals surface area (Å²) >= 11 is 10.6. The van der Waals surface area contributed by atoms with Gasteiger partial charge < -0.3 is 123 Å². The van der Waals surface area contributed by atoms with Crippen molar-refractivity contribution in [3.8, 4) is 0 Å². The number of aliphatic hydroxyl groups is 1. The number of carbonyl (C=O) groups excluding carboxylic acids is 2. The standard InChI is InChI=1S/C26H51NOS2.C12H25NS.2C10H18OS.C8H17N.6C5H10.C4H8O.12CH3.6Fe/c1-25(2,3)29-23-15-11-13-21(23)19-27(17-9-7-8-10-18-28)20-22-14-12-16-24(22)30-26(4,5)6;1-12(2,3)14-11-8-6-7-10(11)9-13(4)5;2*1-10(2,3)12-9-6-4-5-8(9)7-11;1-9(2)7-8-5-3-4-6-8;7*1-2-4-5-3-1;;;;;;;;;;;;;;;;;;/h21-24,28H,7-20H2,1-6H3;10-11H,6-9H2,1-5H3;2*7-9H,4-6H2,1-3H3;8H,3-7H2,1-2H3;6*1-5H2;1-4H2;12*1H3;;;;;;/q;;;;;;;;;;;;12*-1;6*+2/i;;;;;;;;;;;3D;;;;;;;;;;;;;;;;;;. The van der Waals surface area contributed by atoms with Gasteiger partial charge in [0.25, 0.3) is 0 Å². The minimum Gasteiger partial charge on any atom is -0.396 e. The van der Waals surface area contributed by atoms with Crippen LogP contribution in [0.15, 0.2) is 0 Å². The second kappa shape index (κ2) is 107. The van der Waals surface area contributed by atoms with E-state index in [0.717, 1.165) is 90.7 Å². The number of nitrogens with zero attached hydrogens (tertiary/aromatic N) is 3. The maximum Gasteiger partial charge on any atom is 2.00 e. The van der Waals surface area contributed by atoms with Gasteiger partial charge >= 0.3 is 102 Å². The van der Waals surface area contributed by atoms with Crippen molar-refractivity contribution in [2.24, 2.45) is 35.5 Å². The zero-order chi connectivity index (χ0) is 83.7. The summed E-state index contributed by atoms with van der Waals surface area (Å²) in [6.07, 6.45) is 79.9. The number of carbonyl (C=O) groups is 2. The fourth-order valence-electron chi connectivity index (χ4n) is 18.5. The van der Waals surface area contributed by atoms with E-state index in [9.17, 15) is 9.59 Å². The van der Waals surface area contributed by atoms with E-state index in [0.29, 0.717) is 52.7 Å². The van der Waals surface area contributed by atoms with E-state index in [-0.39, 0.29) is 198 Å². The van der Waals surface area contributed by atoms with E-state index in [1.54, 1.807) is 0 Å². The molecule has 1 N–H and O–H groups in total. The zero-order valence-corrected chi connectivity index (χ0v) is 103. The first-order chi connectivity index (χ1) is 53.7. The molecule has 18 heteroatoms. The molecule has 13 aliphatic rings. The first kappa shape index (κ1) is 170. The average Bonchev–Trinajstić information content (AvgIpc) is 1.73. The van der Waals surface area contributed by atoms with Crippen molar-refractivity contribution >= 4 is 71.4 Å². The Balaban J connectivity index is -0.0000000751. The summed E-state index contributed by atoms with van der Waals surface area (Å²) in [5, 5.41) is 12.9. The van der Waals surface area contributed by atoms with Gasteiger partial charge in [0.1, 0.15) is 12.6 Å². The van der Waals surface area contributed by atoms with Gasteiger partial charge in [-0.2, -0.15) is 58.8 Å². The molecule has 13 fully saturated rings. The van der Waals surface area contributed by atoms with E-state index < -0.39 is 0 Å². The number of aldehydes is 2. The Morgan fingerprint density at radius 3 is 0.723 bits per heavy atom. The third kappa shape index (κ3) is 103. The molecule has 13 rings (SSSR count). The molecular formula is C112H233Fe6N3O4S5. The number of unbranched alkanes of at least 4 members (excludes halogenated alkanes) is 3. The van der Waals surface area contributed by atoms with Gasteiger partial charge in [-0.25, -0.2) is 0 Å². The molecule has 0 amide bonds. The molecule has 1 saturated heterocycles. The molecular weight excluding hydrogens is 1950 g/mol. The number of thioether (sulfide) groups is 5. The summed E-state index contributed by atoms with van der Waals surface area (Å²) in [5.74, 6) is 4.35. The topological polar surface area (TPSA) is 73.3 Å². The van der Waals surface area contributed by atoms with Crippen LogP contribution in [0.3, 0.4) is 0 Å². The van der Waals surface area contributed by atoms with Crippen LogP contribution in [-0.2, 0) is 117 Å². The van der Waals surface area contributed by atoms with Crippen LogP contribution >= 0.6 is 58.8 Å². The number of ether oxygens (including phenoxy) is 1. The van der Waals surface area contributed by atoms with Crippen LogP contribution in [0.5, 0.6) is 0 Å². The SMILES string of the molecule is C1CCCC1.C1CCCC1.C1CCCC1.C1CCCC1.C1CCCC1.C1CCCC1.CC(C)(C)SC1CCCC1C=O.CC(C)(C)SC1CCCC1C=O.CC(C)(C)SC1CCCC1CN(CCCCCCO)CC1CCCC1SC(C)(C)C.CN(C)CC1CCCC1.CN(C)CC1CCCC1SC(C)(C)C.[2H]C1CCCO1.[CH3-].[CH3-].[CH3-].[CH3-].[CH3-].[CH3-].[CH3-].[CH3-].[CH3-].[CH3-].[CH3-].[CH3-].[Fe+2].[Fe+2].[Fe+2].[Fe+2].[Fe+2].[Fe+2]. The van der Waals surface area contributed by atoms with Crippen molar-refractivity contribution in [3.05, 3.63) is 89.1 Å². The number of hydrogen-bond acceptors (Lipinski definition) is 12. The van der Waals surface area contributed by atoms with E-state index in [2.05, 4.69) is 182 Å². The Morgan fingerprint density at radius 2 is 0.515 bits per heavy atom. The molecule has 7 nitrogen and oxygen atoms in total. The van der Waals surface area contributed by atoms with Crippen LogP contribution in [-0.4, -0.2) is 163 Å². The predicted molar refractivity (Wildman–Crippen MR) is 591 cm³/mol. The maximum atomic E-state index is 10.7. The monoisotopic (exact) mass is 2180 g/mol. The Bertz CT molecular complexity index is 1980. The molecule has 130 heavy (non-hydrogen) atoms. The van der Waals surface area contributed by atoms with E-state index in [4.69, 9.17) is 11.2 Å². The van der Waals surface area contributed by atoms with Gasteiger partial charge in [0.15, 0.2) is 0 Å². The number of rotatable bonds is 21. The molecule has 0 radical (unpaired) electrons. The molecule has 12 saturated carbocycles. The molecule has 11 unspecified atom stereocenters. The average molecular weight is 2180 g/mol. The Labute approximate surface area is 912 Å². The smallest absolute Gasteiger partial charge is 0.396 e.